The highest BCUT2D eigenvalue weighted by atomic mass is 16.7. The lowest BCUT2D eigenvalue weighted by Gasteiger charge is -2.44. The molecule has 0 bridgehead atoms. The van der Waals surface area contributed by atoms with Crippen molar-refractivity contribution in [1.29, 1.82) is 0 Å². The Bertz CT molecular complexity index is 744. The Balaban J connectivity index is 1.77. The van der Waals surface area contributed by atoms with Crippen LogP contribution in [0.5, 0.6) is 17.2 Å². The van der Waals surface area contributed by atoms with Crippen molar-refractivity contribution in [2.24, 2.45) is 0 Å². The molecular weight excluding hydrogens is 318 g/mol. The summed E-state index contributed by atoms with van der Waals surface area (Å²) in [6, 6.07) is 2.22. The fraction of sp³-hybridized carbons (Fsp3) is 0.600. The Hall–Kier alpha value is -1.72. The number of hydrogen-bond acceptors (Lipinski definition) is 5. The van der Waals surface area contributed by atoms with Gasteiger partial charge in [-0.25, -0.2) is 0 Å². The molecule has 5 rings (SSSR count). The van der Waals surface area contributed by atoms with E-state index in [1.165, 1.54) is 11.1 Å². The predicted octanol–water partition coefficient (Wildman–Crippen LogP) is 3.01. The molecule has 0 radical (unpaired) electrons. The average Bonchev–Trinajstić information content (AvgIpc) is 3.22. The zero-order valence-corrected chi connectivity index (χ0v) is 15.0. The van der Waals surface area contributed by atoms with Gasteiger partial charge >= 0.3 is 0 Å². The highest BCUT2D eigenvalue weighted by Gasteiger charge is 2.52. The van der Waals surface area contributed by atoms with E-state index in [-0.39, 0.29) is 18.4 Å². The molecule has 5 heteroatoms. The molecule has 3 heterocycles. The van der Waals surface area contributed by atoms with Gasteiger partial charge in [0.2, 0.25) is 12.5 Å². The highest BCUT2D eigenvalue weighted by molar-refractivity contribution is 5.64. The van der Waals surface area contributed by atoms with Crippen LogP contribution in [0.2, 0.25) is 0 Å². The lowest BCUT2D eigenvalue weighted by atomic mass is 9.73. The number of nitrogens with zero attached hydrogens (tertiary/aromatic N) is 1. The molecule has 0 N–H and O–H groups in total. The number of rotatable bonds is 2. The van der Waals surface area contributed by atoms with E-state index in [4.69, 9.17) is 18.9 Å². The van der Waals surface area contributed by atoms with Gasteiger partial charge < -0.3 is 18.9 Å². The van der Waals surface area contributed by atoms with Gasteiger partial charge in [0, 0.05) is 25.6 Å². The second-order valence-corrected chi connectivity index (χ2v) is 7.40. The third kappa shape index (κ3) is 2.02. The van der Waals surface area contributed by atoms with Gasteiger partial charge in [0.05, 0.1) is 18.8 Å². The first-order valence-electron chi connectivity index (χ1n) is 9.25. The van der Waals surface area contributed by atoms with Crippen molar-refractivity contribution < 1.29 is 18.9 Å². The highest BCUT2D eigenvalue weighted by Crippen LogP contribution is 2.56. The maximum atomic E-state index is 5.81. The Labute approximate surface area is 148 Å². The lowest BCUT2D eigenvalue weighted by Crippen LogP contribution is -2.46. The van der Waals surface area contributed by atoms with E-state index >= 15 is 0 Å². The topological polar surface area (TPSA) is 40.2 Å². The predicted molar refractivity (Wildman–Crippen MR) is 93.4 cm³/mol. The summed E-state index contributed by atoms with van der Waals surface area (Å²) in [7, 11) is 3.57. The smallest absolute Gasteiger partial charge is 0.231 e. The zero-order chi connectivity index (χ0) is 17.0. The van der Waals surface area contributed by atoms with Gasteiger partial charge in [-0.15, -0.1) is 0 Å². The van der Waals surface area contributed by atoms with Crippen LogP contribution in [0.3, 0.4) is 0 Å². The van der Waals surface area contributed by atoms with Gasteiger partial charge in [-0.2, -0.15) is 0 Å². The van der Waals surface area contributed by atoms with Gasteiger partial charge in [0.15, 0.2) is 11.5 Å². The second kappa shape index (κ2) is 5.64. The van der Waals surface area contributed by atoms with E-state index < -0.39 is 0 Å². The summed E-state index contributed by atoms with van der Waals surface area (Å²) >= 11 is 0. The van der Waals surface area contributed by atoms with E-state index in [0.29, 0.717) is 0 Å². The minimum Gasteiger partial charge on any atom is -0.492 e. The SMILES string of the molecule is COc1c2c(cc3c1OCO3)C13C[C@@H](OC)CC=C1CCN3CCC2. The summed E-state index contributed by atoms with van der Waals surface area (Å²) in [5, 5.41) is 0. The van der Waals surface area contributed by atoms with Crippen molar-refractivity contribution in [1.82, 2.24) is 4.90 Å². The molecule has 0 aromatic heterocycles. The van der Waals surface area contributed by atoms with Crippen molar-refractivity contribution in [3.8, 4) is 17.2 Å². The summed E-state index contributed by atoms with van der Waals surface area (Å²) in [5.74, 6) is 2.46. The molecule has 1 spiro atoms. The fourth-order valence-corrected chi connectivity index (χ4v) is 5.34. The number of hydrogen-bond donors (Lipinski definition) is 0. The van der Waals surface area contributed by atoms with Crippen LogP contribution >= 0.6 is 0 Å². The van der Waals surface area contributed by atoms with Crippen molar-refractivity contribution in [3.63, 3.8) is 0 Å². The first-order chi connectivity index (χ1) is 12.3. The van der Waals surface area contributed by atoms with E-state index in [9.17, 15) is 0 Å². The summed E-state index contributed by atoms with van der Waals surface area (Å²) in [6.07, 6.45) is 7.99. The molecule has 4 aliphatic rings. The quantitative estimate of drug-likeness (QED) is 0.772. The maximum Gasteiger partial charge on any atom is 0.231 e. The number of fused-ring (bicyclic) bond motifs is 2. The monoisotopic (exact) mass is 343 g/mol. The number of ether oxygens (including phenoxy) is 4. The van der Waals surface area contributed by atoms with Crippen molar-refractivity contribution in [3.05, 3.63) is 28.8 Å². The van der Waals surface area contributed by atoms with Crippen LogP contribution in [0.4, 0.5) is 0 Å². The molecule has 3 aliphatic heterocycles. The lowest BCUT2D eigenvalue weighted by molar-refractivity contribution is 0.0346. The molecule has 1 aromatic rings. The molecule has 1 unspecified atom stereocenters. The normalized spacial score (nSPS) is 30.2. The molecule has 1 aliphatic carbocycles. The minimum absolute atomic E-state index is 0.0704. The molecule has 0 saturated carbocycles. The van der Waals surface area contributed by atoms with Crippen LogP contribution in [0.1, 0.15) is 36.8 Å². The van der Waals surface area contributed by atoms with Crippen molar-refractivity contribution in [2.45, 2.75) is 43.7 Å². The van der Waals surface area contributed by atoms with Crippen LogP contribution in [-0.4, -0.2) is 45.1 Å². The van der Waals surface area contributed by atoms with Crippen molar-refractivity contribution >= 4 is 0 Å². The van der Waals surface area contributed by atoms with Crippen LogP contribution in [0.15, 0.2) is 17.7 Å². The standard InChI is InChI=1S/C20H25NO4/c1-22-14-6-5-13-7-9-21-8-3-4-15-16(20(13,21)11-14)10-17-19(18(15)23-2)25-12-24-17/h5,10,14H,3-4,6-9,11-12H2,1-2H3/t14-,20?/m0/s1. The number of benzene rings is 1. The van der Waals surface area contributed by atoms with Gasteiger partial charge in [-0.1, -0.05) is 6.08 Å². The molecule has 1 aromatic carbocycles. The van der Waals surface area contributed by atoms with Gasteiger partial charge in [0.1, 0.15) is 0 Å². The van der Waals surface area contributed by atoms with Crippen LogP contribution in [0, 0.1) is 0 Å². The van der Waals surface area contributed by atoms with Crippen LogP contribution < -0.4 is 14.2 Å². The van der Waals surface area contributed by atoms with Gasteiger partial charge in [0.25, 0.3) is 0 Å². The van der Waals surface area contributed by atoms with E-state index in [1.807, 2.05) is 7.11 Å². The first kappa shape index (κ1) is 15.5. The maximum absolute atomic E-state index is 5.81. The Morgan fingerprint density at radius 2 is 2.12 bits per heavy atom. The molecule has 1 fully saturated rings. The molecular formula is C20H25NO4. The van der Waals surface area contributed by atoms with E-state index in [0.717, 1.165) is 62.4 Å². The summed E-state index contributed by atoms with van der Waals surface area (Å²) in [4.78, 5) is 2.66. The average molecular weight is 343 g/mol. The fourth-order valence-electron chi connectivity index (χ4n) is 5.34. The third-order valence-corrected chi connectivity index (χ3v) is 6.43. The molecule has 1 saturated heterocycles. The Morgan fingerprint density at radius 3 is 2.96 bits per heavy atom. The Morgan fingerprint density at radius 1 is 1.20 bits per heavy atom. The van der Waals surface area contributed by atoms with Crippen LogP contribution in [0.25, 0.3) is 0 Å². The largest absolute Gasteiger partial charge is 0.492 e. The number of methoxy groups -OCH3 is 2. The molecule has 2 atom stereocenters. The second-order valence-electron chi connectivity index (χ2n) is 7.40. The van der Waals surface area contributed by atoms with Crippen LogP contribution in [-0.2, 0) is 16.7 Å². The molecule has 25 heavy (non-hydrogen) atoms. The summed E-state index contributed by atoms with van der Waals surface area (Å²) in [6.45, 7) is 2.51. The molecule has 134 valence electrons. The zero-order valence-electron chi connectivity index (χ0n) is 15.0. The molecule has 5 nitrogen and oxygen atoms in total. The minimum atomic E-state index is -0.0704. The third-order valence-electron chi connectivity index (χ3n) is 6.43. The molecule has 0 amide bonds. The van der Waals surface area contributed by atoms with Crippen molar-refractivity contribution in [2.75, 3.05) is 34.1 Å². The summed E-state index contributed by atoms with van der Waals surface area (Å²) < 4.78 is 23.1. The van der Waals surface area contributed by atoms with E-state index in [1.54, 1.807) is 12.7 Å². The Kier molecular flexibility index (Phi) is 3.51. The van der Waals surface area contributed by atoms with E-state index in [2.05, 4.69) is 17.0 Å². The van der Waals surface area contributed by atoms with Gasteiger partial charge in [-0.3, -0.25) is 4.90 Å². The first-order valence-corrected chi connectivity index (χ1v) is 9.25. The van der Waals surface area contributed by atoms with Gasteiger partial charge in [-0.05, 0) is 49.4 Å². The summed E-state index contributed by atoms with van der Waals surface area (Å²) in [5.41, 5.74) is 4.11.